The molecular weight excluding hydrogens is 498 g/mol. The van der Waals surface area contributed by atoms with Gasteiger partial charge in [-0.05, 0) is 72.3 Å². The smallest absolute Gasteiger partial charge is 0.283 e. The van der Waals surface area contributed by atoms with Crippen LogP contribution in [0.25, 0.3) is 6.08 Å². The number of amides is 1. The van der Waals surface area contributed by atoms with E-state index in [4.69, 9.17) is 26.5 Å². The summed E-state index contributed by atoms with van der Waals surface area (Å²) in [5.41, 5.74) is 2.57. The van der Waals surface area contributed by atoms with Crippen molar-refractivity contribution in [3.63, 3.8) is 0 Å². The molecule has 10 heteroatoms. The number of amidine groups is 2. The van der Waals surface area contributed by atoms with Gasteiger partial charge in [-0.3, -0.25) is 15.2 Å². The van der Waals surface area contributed by atoms with Crippen molar-refractivity contribution in [2.45, 2.75) is 13.5 Å². The van der Waals surface area contributed by atoms with Crippen molar-refractivity contribution in [1.82, 2.24) is 9.99 Å². The molecule has 0 bridgehead atoms. The Kier molecular flexibility index (Phi) is 6.84. The highest BCUT2D eigenvalue weighted by molar-refractivity contribution is 8.27. The molecule has 1 aromatic heterocycles. The second-order valence-corrected chi connectivity index (χ2v) is 9.11. The average molecular weight is 518 g/mol. The molecule has 0 radical (unpaired) electrons. The predicted octanol–water partition coefficient (Wildman–Crippen LogP) is 5.38. The normalized spacial score (nSPS) is 16.1. The second-order valence-electron chi connectivity index (χ2n) is 7.72. The molecule has 0 saturated carbocycles. The van der Waals surface area contributed by atoms with Crippen molar-refractivity contribution < 1.29 is 14.3 Å². The lowest BCUT2D eigenvalue weighted by atomic mass is 10.1. The van der Waals surface area contributed by atoms with E-state index < -0.39 is 5.91 Å². The van der Waals surface area contributed by atoms with Crippen molar-refractivity contribution in [3.05, 3.63) is 94.3 Å². The Hall–Kier alpha value is -3.95. The molecule has 1 N–H and O–H groups in total. The van der Waals surface area contributed by atoms with E-state index in [1.165, 1.54) is 16.8 Å². The molecule has 3 heterocycles. The fourth-order valence-electron chi connectivity index (χ4n) is 3.51. The molecule has 36 heavy (non-hydrogen) atoms. The Morgan fingerprint density at radius 1 is 1.11 bits per heavy atom. The van der Waals surface area contributed by atoms with Crippen molar-refractivity contribution in [3.8, 4) is 11.5 Å². The Morgan fingerprint density at radius 3 is 2.69 bits per heavy atom. The summed E-state index contributed by atoms with van der Waals surface area (Å²) < 4.78 is 11.7. The van der Waals surface area contributed by atoms with Gasteiger partial charge < -0.3 is 9.47 Å². The maximum Gasteiger partial charge on any atom is 0.283 e. The van der Waals surface area contributed by atoms with E-state index in [0.29, 0.717) is 45.5 Å². The maximum absolute atomic E-state index is 12.8. The number of benzene rings is 2. The maximum atomic E-state index is 12.8. The lowest BCUT2D eigenvalue weighted by Crippen LogP contribution is -2.35. The van der Waals surface area contributed by atoms with E-state index >= 15 is 0 Å². The molecular formula is C26H20ClN5O3S. The molecule has 0 aliphatic carbocycles. The minimum absolute atomic E-state index is 0.0441. The minimum atomic E-state index is -0.498. The zero-order chi connectivity index (χ0) is 25.1. The molecule has 0 saturated heterocycles. The first kappa shape index (κ1) is 23.8. The Labute approximate surface area is 216 Å². The van der Waals surface area contributed by atoms with Crippen LogP contribution in [0.1, 0.15) is 23.6 Å². The van der Waals surface area contributed by atoms with Crippen LogP contribution in [0, 0.1) is 5.41 Å². The van der Waals surface area contributed by atoms with Gasteiger partial charge in [-0.2, -0.15) is 15.1 Å². The number of pyridine rings is 1. The number of fused-ring (bicyclic) bond motifs is 1. The molecule has 2 aliphatic heterocycles. The topological polar surface area (TPSA) is 100 Å². The number of nitrogens with one attached hydrogen (secondary N) is 1. The molecule has 2 aliphatic rings. The number of aromatic nitrogens is 1. The molecule has 8 nitrogen and oxygen atoms in total. The summed E-state index contributed by atoms with van der Waals surface area (Å²) in [6.45, 7) is 2.67. The highest BCUT2D eigenvalue weighted by Crippen LogP contribution is 2.33. The molecule has 0 fully saturated rings. The molecule has 3 aromatic rings. The minimum Gasteiger partial charge on any atom is -0.490 e. The van der Waals surface area contributed by atoms with Crippen molar-refractivity contribution in [2.24, 2.45) is 10.1 Å². The van der Waals surface area contributed by atoms with Crippen LogP contribution in [-0.4, -0.2) is 38.6 Å². The average Bonchev–Trinajstić information content (AvgIpc) is 3.32. The first-order valence-corrected chi connectivity index (χ1v) is 12.3. The quantitative estimate of drug-likeness (QED) is 0.422. The Bertz CT molecular complexity index is 1420. The van der Waals surface area contributed by atoms with Crippen LogP contribution in [0.3, 0.4) is 0 Å². The molecule has 180 valence electrons. The van der Waals surface area contributed by atoms with Crippen LogP contribution in [0.4, 0.5) is 0 Å². The third-order valence-corrected chi connectivity index (χ3v) is 6.46. The van der Waals surface area contributed by atoms with Gasteiger partial charge in [-0.15, -0.1) is 0 Å². The van der Waals surface area contributed by atoms with Crippen LogP contribution in [-0.2, 0) is 11.4 Å². The molecule has 0 spiro atoms. The van der Waals surface area contributed by atoms with E-state index in [-0.39, 0.29) is 11.4 Å². The number of ether oxygens (including phenoxy) is 2. The highest BCUT2D eigenvalue weighted by atomic mass is 35.5. The summed E-state index contributed by atoms with van der Waals surface area (Å²) in [6, 6.07) is 16.4. The number of hydrogen-bond donors (Lipinski definition) is 1. The van der Waals surface area contributed by atoms with Gasteiger partial charge in [0.2, 0.25) is 5.17 Å². The SMILES string of the molecule is CCOc1cc(C=C2C(=N)N3N=C(c4cccnc4)SC3=NC2=O)ccc1OCc1ccc(Cl)cc1. The summed E-state index contributed by atoms with van der Waals surface area (Å²) in [4.78, 5) is 21.0. The molecule has 2 aromatic carbocycles. The zero-order valence-electron chi connectivity index (χ0n) is 19.1. The van der Waals surface area contributed by atoms with E-state index in [9.17, 15) is 4.79 Å². The van der Waals surface area contributed by atoms with E-state index in [1.54, 1.807) is 42.7 Å². The number of nitrogens with zero attached hydrogens (tertiary/aromatic N) is 4. The Morgan fingerprint density at radius 2 is 1.94 bits per heavy atom. The van der Waals surface area contributed by atoms with Crippen LogP contribution in [0.5, 0.6) is 11.5 Å². The highest BCUT2D eigenvalue weighted by Gasteiger charge is 2.36. The van der Waals surface area contributed by atoms with Gasteiger partial charge in [0, 0.05) is 23.0 Å². The van der Waals surface area contributed by atoms with Crippen LogP contribution < -0.4 is 9.47 Å². The number of thioether (sulfide) groups is 1. The van der Waals surface area contributed by atoms with Gasteiger partial charge in [0.1, 0.15) is 11.7 Å². The first-order chi connectivity index (χ1) is 17.5. The zero-order valence-corrected chi connectivity index (χ0v) is 20.7. The summed E-state index contributed by atoms with van der Waals surface area (Å²) >= 11 is 7.18. The van der Waals surface area contributed by atoms with Crippen molar-refractivity contribution in [1.29, 1.82) is 5.41 Å². The summed E-state index contributed by atoms with van der Waals surface area (Å²) in [6.07, 6.45) is 4.96. The number of carbonyl (C=O) groups is 1. The van der Waals surface area contributed by atoms with E-state index in [0.717, 1.165) is 11.1 Å². The van der Waals surface area contributed by atoms with Gasteiger partial charge in [0.25, 0.3) is 5.91 Å². The number of aliphatic imine (C=N–C) groups is 1. The van der Waals surface area contributed by atoms with Crippen LogP contribution in [0.2, 0.25) is 5.02 Å². The number of carbonyl (C=O) groups excluding carboxylic acids is 1. The first-order valence-electron chi connectivity index (χ1n) is 11.1. The number of halogens is 1. The largest absolute Gasteiger partial charge is 0.490 e. The number of hydrazone groups is 1. The lowest BCUT2D eigenvalue weighted by Gasteiger charge is -2.20. The predicted molar refractivity (Wildman–Crippen MR) is 142 cm³/mol. The van der Waals surface area contributed by atoms with E-state index in [1.807, 2.05) is 37.3 Å². The molecule has 0 unspecified atom stereocenters. The fourth-order valence-corrected chi connectivity index (χ4v) is 4.52. The number of hydrogen-bond acceptors (Lipinski definition) is 7. The van der Waals surface area contributed by atoms with Crippen molar-refractivity contribution in [2.75, 3.05) is 6.61 Å². The molecule has 5 rings (SSSR count). The third-order valence-electron chi connectivity index (χ3n) is 5.25. The lowest BCUT2D eigenvalue weighted by molar-refractivity contribution is -0.114. The molecule has 0 atom stereocenters. The Balaban J connectivity index is 1.38. The van der Waals surface area contributed by atoms with E-state index in [2.05, 4.69) is 15.1 Å². The van der Waals surface area contributed by atoms with Crippen LogP contribution in [0.15, 0.2) is 82.7 Å². The monoisotopic (exact) mass is 517 g/mol. The van der Waals surface area contributed by atoms with Crippen LogP contribution >= 0.6 is 23.4 Å². The summed E-state index contributed by atoms with van der Waals surface area (Å²) in [5.74, 6) is 0.564. The van der Waals surface area contributed by atoms with Gasteiger partial charge in [-0.25, -0.2) is 0 Å². The van der Waals surface area contributed by atoms with Gasteiger partial charge in [0.15, 0.2) is 17.3 Å². The summed E-state index contributed by atoms with van der Waals surface area (Å²) in [7, 11) is 0. The van der Waals surface area contributed by atoms with Gasteiger partial charge in [-0.1, -0.05) is 29.8 Å². The number of rotatable bonds is 7. The molecule has 1 amide bonds. The van der Waals surface area contributed by atoms with Crippen molar-refractivity contribution >= 4 is 51.4 Å². The fraction of sp³-hybridized carbons (Fsp3) is 0.115. The standard InChI is InChI=1S/C26H20ClN5O3S/c1-2-34-22-13-17(7-10-21(22)35-15-16-5-8-19(27)9-6-16)12-20-23(28)32-26(30-24(20)33)36-25(31-32)18-4-3-11-29-14-18/h3-14,28H,2,15H2,1H3. The van der Waals surface area contributed by atoms with Gasteiger partial charge in [0.05, 0.1) is 12.2 Å². The summed E-state index contributed by atoms with van der Waals surface area (Å²) in [5, 5.41) is 16.1. The van der Waals surface area contributed by atoms with Gasteiger partial charge >= 0.3 is 0 Å². The second kappa shape index (κ2) is 10.3. The third kappa shape index (κ3) is 5.02.